The average molecular weight is 310 g/mol. The smallest absolute Gasteiger partial charge is 0.166 e. The third kappa shape index (κ3) is 2.15. The van der Waals surface area contributed by atoms with Gasteiger partial charge < -0.3 is 4.57 Å². The second-order valence-corrected chi connectivity index (χ2v) is 6.47. The molecule has 2 aromatic carbocycles. The molecule has 4 rings (SSSR count). The van der Waals surface area contributed by atoms with Gasteiger partial charge in [-0.3, -0.25) is 4.79 Å². The number of Topliss-reactive ketones (excluding diaryl/α,β-unsaturated/α-hetero) is 1. The van der Waals surface area contributed by atoms with E-state index in [0.29, 0.717) is 10.9 Å². The highest BCUT2D eigenvalue weighted by Gasteiger charge is 2.45. The topological polar surface area (TPSA) is 22.0 Å². The van der Waals surface area contributed by atoms with Crippen molar-refractivity contribution in [1.29, 1.82) is 0 Å². The lowest BCUT2D eigenvalue weighted by Crippen LogP contribution is -2.02. The number of carbonyl (C=O) groups is 1. The zero-order chi connectivity index (χ0) is 15.3. The lowest BCUT2D eigenvalue weighted by atomic mass is 10.0. The summed E-state index contributed by atoms with van der Waals surface area (Å²) in [5, 5.41) is 1.93. The lowest BCUT2D eigenvalue weighted by Gasteiger charge is -2.01. The fourth-order valence-corrected chi connectivity index (χ4v) is 3.45. The second-order valence-electron chi connectivity index (χ2n) is 6.03. The molecular formula is C19H16ClNO. The molecule has 2 atom stereocenters. The molecule has 0 N–H and O–H groups in total. The summed E-state index contributed by atoms with van der Waals surface area (Å²) >= 11 is 5.89. The van der Waals surface area contributed by atoms with Crippen LogP contribution < -0.4 is 0 Å². The normalized spacial score (nSPS) is 20.3. The van der Waals surface area contributed by atoms with Gasteiger partial charge in [-0.25, -0.2) is 0 Å². The van der Waals surface area contributed by atoms with Gasteiger partial charge in [0.05, 0.1) is 0 Å². The fourth-order valence-electron chi connectivity index (χ4n) is 3.33. The molecule has 110 valence electrons. The van der Waals surface area contributed by atoms with Crippen LogP contribution in [0.25, 0.3) is 10.9 Å². The first-order valence-electron chi connectivity index (χ1n) is 7.49. The summed E-state index contributed by atoms with van der Waals surface area (Å²) in [6.07, 6.45) is 3.11. The van der Waals surface area contributed by atoms with Crippen LogP contribution in [0.15, 0.2) is 54.7 Å². The number of carbonyl (C=O) groups excluding carboxylic acids is 1. The van der Waals surface area contributed by atoms with Crippen LogP contribution in [0.1, 0.15) is 28.3 Å². The number of hydrogen-bond acceptors (Lipinski definition) is 1. The molecule has 2 unspecified atom stereocenters. The van der Waals surface area contributed by atoms with Gasteiger partial charge in [0.25, 0.3) is 0 Å². The first kappa shape index (κ1) is 13.6. The highest BCUT2D eigenvalue weighted by atomic mass is 35.5. The molecule has 22 heavy (non-hydrogen) atoms. The van der Waals surface area contributed by atoms with Crippen LogP contribution in [-0.4, -0.2) is 10.4 Å². The molecule has 3 aromatic rings. The number of para-hydroxylation sites is 1. The van der Waals surface area contributed by atoms with Gasteiger partial charge in [-0.15, -0.1) is 0 Å². The first-order valence-corrected chi connectivity index (χ1v) is 7.86. The number of hydrogen-bond donors (Lipinski definition) is 0. The molecule has 1 aliphatic carbocycles. The number of rotatable bonds is 3. The van der Waals surface area contributed by atoms with Crippen molar-refractivity contribution >= 4 is 28.3 Å². The summed E-state index contributed by atoms with van der Waals surface area (Å²) in [6.45, 7) is 0. The third-order valence-corrected chi connectivity index (χ3v) is 4.84. The Morgan fingerprint density at radius 1 is 1.14 bits per heavy atom. The predicted molar refractivity (Wildman–Crippen MR) is 89.5 cm³/mol. The minimum absolute atomic E-state index is 0.104. The van der Waals surface area contributed by atoms with Crippen LogP contribution in [0.5, 0.6) is 0 Å². The van der Waals surface area contributed by atoms with E-state index in [-0.39, 0.29) is 11.7 Å². The van der Waals surface area contributed by atoms with Gasteiger partial charge in [-0.1, -0.05) is 29.8 Å². The van der Waals surface area contributed by atoms with Crippen molar-refractivity contribution in [2.24, 2.45) is 13.0 Å². The Hall–Kier alpha value is -2.06. The first-order chi connectivity index (χ1) is 10.6. The zero-order valence-electron chi connectivity index (χ0n) is 12.3. The Balaban J connectivity index is 1.63. The van der Waals surface area contributed by atoms with E-state index in [0.717, 1.165) is 12.0 Å². The molecule has 0 amide bonds. The van der Waals surface area contributed by atoms with Crippen LogP contribution in [0.4, 0.5) is 0 Å². The molecule has 1 aromatic heterocycles. The molecule has 1 aliphatic rings. The summed E-state index contributed by atoms with van der Waals surface area (Å²) in [4.78, 5) is 12.6. The van der Waals surface area contributed by atoms with Gasteiger partial charge in [0, 0.05) is 40.7 Å². The van der Waals surface area contributed by atoms with E-state index < -0.39 is 0 Å². The maximum Gasteiger partial charge on any atom is 0.166 e. The van der Waals surface area contributed by atoms with Crippen molar-refractivity contribution in [1.82, 2.24) is 4.57 Å². The summed E-state index contributed by atoms with van der Waals surface area (Å²) in [6, 6.07) is 15.6. The highest BCUT2D eigenvalue weighted by Crippen LogP contribution is 2.51. The Labute approximate surface area is 134 Å². The molecule has 2 nitrogen and oxygen atoms in total. The lowest BCUT2D eigenvalue weighted by molar-refractivity contribution is 0.0965. The SMILES string of the molecule is Cn1cc(C2CC2C(=O)c2ccc(Cl)cc2)c2ccccc21. The molecule has 1 saturated carbocycles. The molecule has 0 radical (unpaired) electrons. The molecule has 1 fully saturated rings. The molecular weight excluding hydrogens is 294 g/mol. The quantitative estimate of drug-likeness (QED) is 0.636. The van der Waals surface area contributed by atoms with Crippen LogP contribution in [-0.2, 0) is 7.05 Å². The highest BCUT2D eigenvalue weighted by molar-refractivity contribution is 6.30. The average Bonchev–Trinajstić information content (AvgIpc) is 3.26. The van der Waals surface area contributed by atoms with Crippen molar-refractivity contribution in [3.05, 3.63) is 70.9 Å². The zero-order valence-corrected chi connectivity index (χ0v) is 13.0. The molecule has 1 heterocycles. The number of halogens is 1. The van der Waals surface area contributed by atoms with E-state index in [1.165, 1.54) is 16.5 Å². The fraction of sp³-hybridized carbons (Fsp3) is 0.211. The Kier molecular flexibility index (Phi) is 3.08. The van der Waals surface area contributed by atoms with Gasteiger partial charge in [-0.05, 0) is 48.2 Å². The van der Waals surface area contributed by atoms with Gasteiger partial charge in [-0.2, -0.15) is 0 Å². The van der Waals surface area contributed by atoms with Crippen LogP contribution in [0.2, 0.25) is 5.02 Å². The molecule has 0 aliphatic heterocycles. The van der Waals surface area contributed by atoms with E-state index >= 15 is 0 Å². The number of benzene rings is 2. The number of aryl methyl sites for hydroxylation is 1. The van der Waals surface area contributed by atoms with Crippen LogP contribution in [0.3, 0.4) is 0 Å². The van der Waals surface area contributed by atoms with Gasteiger partial charge >= 0.3 is 0 Å². The summed E-state index contributed by atoms with van der Waals surface area (Å²) in [5.41, 5.74) is 3.28. The maximum atomic E-state index is 12.6. The van der Waals surface area contributed by atoms with Crippen molar-refractivity contribution in [3.8, 4) is 0 Å². The van der Waals surface area contributed by atoms with Crippen molar-refractivity contribution < 1.29 is 4.79 Å². The third-order valence-electron chi connectivity index (χ3n) is 4.58. The van der Waals surface area contributed by atoms with Crippen molar-refractivity contribution in [3.63, 3.8) is 0 Å². The predicted octanol–water partition coefficient (Wildman–Crippen LogP) is 4.82. The Morgan fingerprint density at radius 3 is 2.64 bits per heavy atom. The second kappa shape index (κ2) is 4.99. The largest absolute Gasteiger partial charge is 0.350 e. The van der Waals surface area contributed by atoms with Crippen molar-refractivity contribution in [2.45, 2.75) is 12.3 Å². The molecule has 3 heteroatoms. The molecule has 0 saturated heterocycles. The van der Waals surface area contributed by atoms with E-state index in [1.807, 2.05) is 12.1 Å². The standard InChI is InChI=1S/C19H16ClNO/c1-21-11-17(14-4-2-3-5-18(14)21)15-10-16(15)19(22)12-6-8-13(20)9-7-12/h2-9,11,15-16H,10H2,1H3. The number of fused-ring (bicyclic) bond motifs is 1. The van der Waals surface area contributed by atoms with Gasteiger partial charge in [0.2, 0.25) is 0 Å². The van der Waals surface area contributed by atoms with Gasteiger partial charge in [0.1, 0.15) is 0 Å². The van der Waals surface area contributed by atoms with E-state index in [1.54, 1.807) is 12.1 Å². The van der Waals surface area contributed by atoms with Crippen molar-refractivity contribution in [2.75, 3.05) is 0 Å². The van der Waals surface area contributed by atoms with E-state index in [2.05, 4.69) is 42.1 Å². The Morgan fingerprint density at radius 2 is 1.86 bits per heavy atom. The number of aromatic nitrogens is 1. The van der Waals surface area contributed by atoms with Gasteiger partial charge in [0.15, 0.2) is 5.78 Å². The number of nitrogens with zero attached hydrogens (tertiary/aromatic N) is 1. The molecule has 0 spiro atoms. The van der Waals surface area contributed by atoms with Crippen LogP contribution >= 0.6 is 11.6 Å². The minimum Gasteiger partial charge on any atom is -0.350 e. The summed E-state index contributed by atoms with van der Waals surface area (Å²) < 4.78 is 2.15. The minimum atomic E-state index is 0.104. The maximum absolute atomic E-state index is 12.6. The van der Waals surface area contributed by atoms with Crippen LogP contribution in [0, 0.1) is 5.92 Å². The monoisotopic (exact) mass is 309 g/mol. The van der Waals surface area contributed by atoms with E-state index in [9.17, 15) is 4.79 Å². The molecule has 0 bridgehead atoms. The van der Waals surface area contributed by atoms with E-state index in [4.69, 9.17) is 11.6 Å². The summed E-state index contributed by atoms with van der Waals surface area (Å²) in [5.74, 6) is 0.677. The number of ketones is 1. The summed E-state index contributed by atoms with van der Waals surface area (Å²) in [7, 11) is 2.06. The Bertz CT molecular complexity index is 863.